The highest BCUT2D eigenvalue weighted by Gasteiger charge is 2.24. The van der Waals surface area contributed by atoms with Gasteiger partial charge in [0.25, 0.3) is 0 Å². The normalized spacial score (nSPS) is 11.2. The number of amides is 1. The van der Waals surface area contributed by atoms with Crippen LogP contribution in [0.5, 0.6) is 11.5 Å². The third-order valence-electron chi connectivity index (χ3n) is 7.53. The minimum Gasteiger partial charge on any atom is -0.488 e. The Morgan fingerprint density at radius 1 is 0.818 bits per heavy atom. The summed E-state index contributed by atoms with van der Waals surface area (Å²) in [7, 11) is 2.01. The molecule has 8 nitrogen and oxygen atoms in total. The van der Waals surface area contributed by atoms with Gasteiger partial charge in [-0.3, -0.25) is 14.7 Å². The van der Waals surface area contributed by atoms with Gasteiger partial charge in [0.2, 0.25) is 11.9 Å². The van der Waals surface area contributed by atoms with Crippen LogP contribution in [0.2, 0.25) is 0 Å². The van der Waals surface area contributed by atoms with Crippen molar-refractivity contribution in [1.82, 2.24) is 19.3 Å². The van der Waals surface area contributed by atoms with E-state index >= 15 is 0 Å². The SMILES string of the molecule is CC(=O)Nc1nnc(-c2cc(C(C)C)c(OCc3ccccc3)cc2OCc2ccccc2)n1-c1ccc2c(ccn2C)c1. The van der Waals surface area contributed by atoms with E-state index < -0.39 is 0 Å². The zero-order chi connectivity index (χ0) is 30.6. The van der Waals surface area contributed by atoms with Crippen LogP contribution in [-0.2, 0) is 25.1 Å². The van der Waals surface area contributed by atoms with Gasteiger partial charge in [-0.25, -0.2) is 0 Å². The third kappa shape index (κ3) is 6.06. The molecule has 2 aromatic heterocycles. The molecular formula is C36H35N5O3. The Balaban J connectivity index is 1.50. The number of carbonyl (C=O) groups excluding carboxylic acids is 1. The second kappa shape index (κ2) is 12.5. The smallest absolute Gasteiger partial charge is 0.236 e. The van der Waals surface area contributed by atoms with Crippen LogP contribution in [0.3, 0.4) is 0 Å². The Morgan fingerprint density at radius 3 is 2.11 bits per heavy atom. The van der Waals surface area contributed by atoms with Gasteiger partial charge >= 0.3 is 0 Å². The van der Waals surface area contributed by atoms with E-state index in [1.165, 1.54) is 6.92 Å². The van der Waals surface area contributed by atoms with E-state index in [1.54, 1.807) is 0 Å². The van der Waals surface area contributed by atoms with Crippen molar-refractivity contribution in [2.75, 3.05) is 5.32 Å². The van der Waals surface area contributed by atoms with Crippen LogP contribution in [0.25, 0.3) is 28.0 Å². The molecule has 2 heterocycles. The summed E-state index contributed by atoms with van der Waals surface area (Å²) in [5.41, 5.74) is 5.78. The highest BCUT2D eigenvalue weighted by Crippen LogP contribution is 2.41. The molecule has 0 fully saturated rings. The zero-order valence-electron chi connectivity index (χ0n) is 25.3. The number of aromatic nitrogens is 4. The fourth-order valence-electron chi connectivity index (χ4n) is 5.27. The number of carbonyl (C=O) groups is 1. The van der Waals surface area contributed by atoms with Crippen molar-refractivity contribution < 1.29 is 14.3 Å². The molecular weight excluding hydrogens is 550 g/mol. The zero-order valence-corrected chi connectivity index (χ0v) is 25.3. The fourth-order valence-corrected chi connectivity index (χ4v) is 5.27. The van der Waals surface area contributed by atoms with E-state index in [-0.39, 0.29) is 11.8 Å². The number of benzene rings is 4. The van der Waals surface area contributed by atoms with Crippen molar-refractivity contribution in [3.63, 3.8) is 0 Å². The molecule has 0 aliphatic rings. The van der Waals surface area contributed by atoms with Crippen molar-refractivity contribution in [2.24, 2.45) is 7.05 Å². The third-order valence-corrected chi connectivity index (χ3v) is 7.53. The monoisotopic (exact) mass is 585 g/mol. The van der Waals surface area contributed by atoms with Crippen molar-refractivity contribution >= 4 is 22.8 Å². The lowest BCUT2D eigenvalue weighted by Crippen LogP contribution is -2.12. The van der Waals surface area contributed by atoms with Crippen LogP contribution in [0.15, 0.2) is 103 Å². The maximum Gasteiger partial charge on any atom is 0.236 e. The summed E-state index contributed by atoms with van der Waals surface area (Å²) in [5, 5.41) is 12.9. The molecule has 0 bridgehead atoms. The highest BCUT2D eigenvalue weighted by molar-refractivity contribution is 5.88. The summed E-state index contributed by atoms with van der Waals surface area (Å²) in [6.45, 7) is 6.52. The largest absolute Gasteiger partial charge is 0.488 e. The van der Waals surface area contributed by atoms with Crippen molar-refractivity contribution in [1.29, 1.82) is 0 Å². The first-order valence-electron chi connectivity index (χ1n) is 14.7. The van der Waals surface area contributed by atoms with Gasteiger partial charge in [-0.15, -0.1) is 10.2 Å². The molecule has 222 valence electrons. The van der Waals surface area contributed by atoms with E-state index in [9.17, 15) is 4.79 Å². The first-order chi connectivity index (χ1) is 21.4. The standard InChI is InChI=1S/C36H35N5O3/c1-24(2)30-20-31(34(44-23-27-13-9-6-10-14-27)21-33(30)43-22-26-11-7-5-8-12-26)35-38-39-36(37-25(3)42)41(35)29-15-16-32-28(19-29)17-18-40(32)4/h5-21,24H,22-23H2,1-4H3,(H,37,39,42). The number of ether oxygens (including phenoxy) is 2. The molecule has 6 rings (SSSR count). The Kier molecular flexibility index (Phi) is 8.14. The van der Waals surface area contributed by atoms with Crippen molar-refractivity contribution in [3.8, 4) is 28.6 Å². The van der Waals surface area contributed by atoms with Crippen LogP contribution >= 0.6 is 0 Å². The topological polar surface area (TPSA) is 83.2 Å². The molecule has 0 aliphatic heterocycles. The number of hydrogen-bond acceptors (Lipinski definition) is 5. The number of rotatable bonds is 10. The van der Waals surface area contributed by atoms with E-state index in [4.69, 9.17) is 9.47 Å². The Labute approximate surface area is 256 Å². The second-order valence-corrected chi connectivity index (χ2v) is 11.1. The second-order valence-electron chi connectivity index (χ2n) is 11.1. The van der Waals surface area contributed by atoms with E-state index in [0.29, 0.717) is 30.7 Å². The van der Waals surface area contributed by atoms with Gasteiger partial charge in [0.05, 0.1) is 11.3 Å². The molecule has 6 aromatic rings. The van der Waals surface area contributed by atoms with Gasteiger partial charge in [-0.1, -0.05) is 74.5 Å². The van der Waals surface area contributed by atoms with Crippen LogP contribution in [-0.4, -0.2) is 25.2 Å². The van der Waals surface area contributed by atoms with E-state index in [1.807, 2.05) is 90.6 Å². The summed E-state index contributed by atoms with van der Waals surface area (Å²) < 4.78 is 16.9. The first kappa shape index (κ1) is 28.7. The van der Waals surface area contributed by atoms with Crippen molar-refractivity contribution in [3.05, 3.63) is 120 Å². The van der Waals surface area contributed by atoms with E-state index in [2.05, 4.69) is 58.2 Å². The minimum absolute atomic E-state index is 0.148. The van der Waals surface area contributed by atoms with Crippen molar-refractivity contribution in [2.45, 2.75) is 39.9 Å². The minimum atomic E-state index is -0.237. The van der Waals surface area contributed by atoms with E-state index in [0.717, 1.165) is 44.6 Å². The lowest BCUT2D eigenvalue weighted by molar-refractivity contribution is -0.114. The summed E-state index contributed by atoms with van der Waals surface area (Å²) in [4.78, 5) is 12.2. The lowest BCUT2D eigenvalue weighted by atomic mass is 9.98. The molecule has 0 saturated carbocycles. The van der Waals surface area contributed by atoms with Gasteiger partial charge in [0, 0.05) is 37.1 Å². The molecule has 44 heavy (non-hydrogen) atoms. The maximum atomic E-state index is 12.2. The number of aryl methyl sites for hydroxylation is 1. The predicted molar refractivity (Wildman–Crippen MR) is 173 cm³/mol. The van der Waals surface area contributed by atoms with Gasteiger partial charge in [0.1, 0.15) is 24.7 Å². The van der Waals surface area contributed by atoms with Gasteiger partial charge < -0.3 is 14.0 Å². The summed E-state index contributed by atoms with van der Waals surface area (Å²) >= 11 is 0. The molecule has 1 N–H and O–H groups in total. The first-order valence-corrected chi connectivity index (χ1v) is 14.7. The van der Waals surface area contributed by atoms with Crippen LogP contribution in [0.4, 0.5) is 5.95 Å². The molecule has 0 atom stereocenters. The molecule has 0 aliphatic carbocycles. The number of fused-ring (bicyclic) bond motifs is 1. The average molecular weight is 586 g/mol. The Hall–Kier alpha value is -5.37. The quantitative estimate of drug-likeness (QED) is 0.178. The summed E-state index contributed by atoms with van der Waals surface area (Å²) in [5.74, 6) is 2.13. The Bertz CT molecular complexity index is 1910. The summed E-state index contributed by atoms with van der Waals surface area (Å²) in [6, 6.07) is 32.3. The van der Waals surface area contributed by atoms with Gasteiger partial charge in [-0.05, 0) is 52.9 Å². The fraction of sp³-hybridized carbons (Fsp3) is 0.194. The molecule has 4 aromatic carbocycles. The number of nitrogens with zero attached hydrogens (tertiary/aromatic N) is 4. The van der Waals surface area contributed by atoms with Gasteiger partial charge in [0.15, 0.2) is 5.82 Å². The van der Waals surface area contributed by atoms with Crippen LogP contribution in [0.1, 0.15) is 43.4 Å². The predicted octanol–water partition coefficient (Wildman–Crippen LogP) is 7.67. The molecule has 0 radical (unpaired) electrons. The Morgan fingerprint density at radius 2 is 1.48 bits per heavy atom. The average Bonchev–Trinajstić information content (AvgIpc) is 3.61. The number of anilines is 1. The molecule has 1 amide bonds. The molecule has 0 spiro atoms. The maximum absolute atomic E-state index is 12.2. The van der Waals surface area contributed by atoms with Crippen LogP contribution < -0.4 is 14.8 Å². The lowest BCUT2D eigenvalue weighted by Gasteiger charge is -2.20. The number of nitrogens with one attached hydrogen (secondary N) is 1. The summed E-state index contributed by atoms with van der Waals surface area (Å²) in [6.07, 6.45) is 2.02. The number of hydrogen-bond donors (Lipinski definition) is 1. The van der Waals surface area contributed by atoms with Crippen LogP contribution in [0, 0.1) is 0 Å². The molecule has 0 saturated heterocycles. The van der Waals surface area contributed by atoms with Gasteiger partial charge in [-0.2, -0.15) is 0 Å². The highest BCUT2D eigenvalue weighted by atomic mass is 16.5. The molecule has 0 unspecified atom stereocenters. The molecule has 8 heteroatoms.